The van der Waals surface area contributed by atoms with Gasteiger partial charge in [0.2, 0.25) is 6.79 Å². The van der Waals surface area contributed by atoms with Crippen LogP contribution in [-0.2, 0) is 9.53 Å². The van der Waals surface area contributed by atoms with Crippen LogP contribution in [-0.4, -0.2) is 30.7 Å². The van der Waals surface area contributed by atoms with Crippen molar-refractivity contribution in [3.63, 3.8) is 0 Å². The zero-order chi connectivity index (χ0) is 15.0. The predicted octanol–water partition coefficient (Wildman–Crippen LogP) is 2.22. The van der Waals surface area contributed by atoms with Crippen molar-refractivity contribution in [3.8, 4) is 11.5 Å². The second-order valence-electron chi connectivity index (χ2n) is 4.55. The van der Waals surface area contributed by atoms with Crippen molar-refractivity contribution in [1.82, 2.24) is 0 Å². The Morgan fingerprint density at radius 2 is 2.14 bits per heavy atom. The molecule has 6 nitrogen and oxygen atoms in total. The number of nitrogens with zero attached hydrogens (tertiary/aromatic N) is 1. The number of aliphatic imine (C=N–C) groups is 1. The van der Waals surface area contributed by atoms with Crippen LogP contribution in [0.15, 0.2) is 40.2 Å². The second-order valence-corrected chi connectivity index (χ2v) is 4.55. The first-order chi connectivity index (χ1) is 10.1. The van der Waals surface area contributed by atoms with Gasteiger partial charge in [0.25, 0.3) is 0 Å². The number of rotatable bonds is 2. The third-order valence-electron chi connectivity index (χ3n) is 3.22. The van der Waals surface area contributed by atoms with Gasteiger partial charge in [-0.15, -0.1) is 0 Å². The maximum absolute atomic E-state index is 11.6. The molecule has 0 unspecified atom stereocenters. The van der Waals surface area contributed by atoms with Crippen LogP contribution in [0.2, 0.25) is 0 Å². The maximum atomic E-state index is 11.6. The Kier molecular flexibility index (Phi) is 3.13. The van der Waals surface area contributed by atoms with Gasteiger partial charge < -0.3 is 19.3 Å². The molecule has 2 aliphatic heterocycles. The number of esters is 1. The Bertz CT molecular complexity index is 715. The Morgan fingerprint density at radius 1 is 1.38 bits per heavy atom. The summed E-state index contributed by atoms with van der Waals surface area (Å²) in [6.07, 6.45) is 1.66. The predicted molar refractivity (Wildman–Crippen MR) is 75.3 cm³/mol. The molecule has 0 atom stereocenters. The molecule has 0 aliphatic carbocycles. The number of carbonyl (C=O) groups is 1. The van der Waals surface area contributed by atoms with E-state index < -0.39 is 5.97 Å². The molecule has 0 saturated heterocycles. The molecule has 0 radical (unpaired) electrons. The molecule has 0 aromatic heterocycles. The minimum atomic E-state index is -0.608. The van der Waals surface area contributed by atoms with E-state index in [9.17, 15) is 9.90 Å². The van der Waals surface area contributed by atoms with Crippen LogP contribution in [0.5, 0.6) is 11.5 Å². The zero-order valence-corrected chi connectivity index (χ0v) is 11.5. The van der Waals surface area contributed by atoms with Crippen LogP contribution in [0.1, 0.15) is 12.5 Å². The van der Waals surface area contributed by atoms with E-state index in [1.807, 2.05) is 6.07 Å². The van der Waals surface area contributed by atoms with Crippen LogP contribution >= 0.6 is 0 Å². The molecular weight excluding hydrogens is 274 g/mol. The third-order valence-corrected chi connectivity index (χ3v) is 3.22. The fourth-order valence-corrected chi connectivity index (χ4v) is 2.20. The molecule has 6 heteroatoms. The van der Waals surface area contributed by atoms with Gasteiger partial charge in [-0.25, -0.2) is 9.79 Å². The summed E-state index contributed by atoms with van der Waals surface area (Å²) in [5.41, 5.74) is 1.60. The lowest BCUT2D eigenvalue weighted by atomic mass is 10.1. The molecule has 1 aromatic carbocycles. The topological polar surface area (TPSA) is 77.4 Å². The van der Waals surface area contributed by atoms with Crippen molar-refractivity contribution in [1.29, 1.82) is 0 Å². The van der Waals surface area contributed by atoms with Crippen molar-refractivity contribution in [3.05, 3.63) is 40.8 Å². The first-order valence-electron chi connectivity index (χ1n) is 6.29. The van der Waals surface area contributed by atoms with Gasteiger partial charge in [-0.3, -0.25) is 0 Å². The lowest BCUT2D eigenvalue weighted by Crippen LogP contribution is -2.11. The lowest BCUT2D eigenvalue weighted by molar-refractivity contribution is -0.135. The average molecular weight is 287 g/mol. The molecule has 1 aromatic rings. The summed E-state index contributed by atoms with van der Waals surface area (Å²) in [5, 5.41) is 10.1. The molecule has 0 fully saturated rings. The molecule has 0 spiro atoms. The number of hydrogen-bond donors (Lipinski definition) is 1. The van der Waals surface area contributed by atoms with Crippen LogP contribution in [0.25, 0.3) is 6.08 Å². The number of ether oxygens (including phenoxy) is 3. The van der Waals surface area contributed by atoms with Gasteiger partial charge in [0.15, 0.2) is 17.3 Å². The third kappa shape index (κ3) is 2.24. The van der Waals surface area contributed by atoms with Gasteiger partial charge in [0, 0.05) is 0 Å². The SMILES string of the molecule is COC(=O)C1=C(O)/C(=C\c2ccc3c(c2)OCO3)N=C1C. The molecule has 0 bridgehead atoms. The van der Waals surface area contributed by atoms with E-state index in [0.29, 0.717) is 22.9 Å². The summed E-state index contributed by atoms with van der Waals surface area (Å²) >= 11 is 0. The molecule has 2 heterocycles. The van der Waals surface area contributed by atoms with Crippen molar-refractivity contribution >= 4 is 17.8 Å². The number of aliphatic hydroxyl groups is 1. The summed E-state index contributed by atoms with van der Waals surface area (Å²) in [5.74, 6) is 0.526. The molecule has 0 amide bonds. The first kappa shape index (κ1) is 13.2. The summed E-state index contributed by atoms with van der Waals surface area (Å²) < 4.78 is 15.2. The van der Waals surface area contributed by atoms with Gasteiger partial charge in [-0.05, 0) is 30.7 Å². The van der Waals surface area contributed by atoms with Gasteiger partial charge in [-0.1, -0.05) is 6.07 Å². The number of hydrogen-bond acceptors (Lipinski definition) is 6. The van der Waals surface area contributed by atoms with Crippen molar-refractivity contribution < 1.29 is 24.1 Å². The lowest BCUT2D eigenvalue weighted by Gasteiger charge is -2.01. The Labute approximate surface area is 121 Å². The van der Waals surface area contributed by atoms with Crippen LogP contribution < -0.4 is 9.47 Å². The monoisotopic (exact) mass is 287 g/mol. The highest BCUT2D eigenvalue weighted by Gasteiger charge is 2.27. The highest BCUT2D eigenvalue weighted by Crippen LogP contribution is 2.34. The number of fused-ring (bicyclic) bond motifs is 1. The Balaban J connectivity index is 1.98. The highest BCUT2D eigenvalue weighted by molar-refractivity contribution is 6.21. The van der Waals surface area contributed by atoms with Crippen molar-refractivity contribution in [2.75, 3.05) is 13.9 Å². The zero-order valence-electron chi connectivity index (χ0n) is 11.5. The first-order valence-corrected chi connectivity index (χ1v) is 6.29. The van der Waals surface area contributed by atoms with Crippen LogP contribution in [0, 0.1) is 0 Å². The summed E-state index contributed by atoms with van der Waals surface area (Å²) in [6.45, 7) is 1.84. The standard InChI is InChI=1S/C15H13NO5/c1-8-13(15(18)19-2)14(17)10(16-8)5-9-3-4-11-12(6-9)21-7-20-11/h3-6,17H,7H2,1-2H3/b10-5+. The molecule has 2 aliphatic rings. The van der Waals surface area contributed by atoms with Gasteiger partial charge in [-0.2, -0.15) is 0 Å². The molecule has 21 heavy (non-hydrogen) atoms. The Hall–Kier alpha value is -2.76. The normalized spacial score (nSPS) is 18.2. The number of benzene rings is 1. The largest absolute Gasteiger partial charge is 0.505 e. The fraction of sp³-hybridized carbons (Fsp3) is 0.200. The quantitative estimate of drug-likeness (QED) is 0.844. The summed E-state index contributed by atoms with van der Waals surface area (Å²) in [6, 6.07) is 5.38. The minimum absolute atomic E-state index is 0.0875. The molecule has 3 rings (SSSR count). The summed E-state index contributed by atoms with van der Waals surface area (Å²) in [7, 11) is 1.26. The van der Waals surface area contributed by atoms with Gasteiger partial charge in [0.1, 0.15) is 11.3 Å². The van der Waals surface area contributed by atoms with Crippen molar-refractivity contribution in [2.24, 2.45) is 4.99 Å². The molecule has 1 N–H and O–H groups in total. The second kappa shape index (κ2) is 4.97. The number of aliphatic hydroxyl groups excluding tert-OH is 1. The van der Waals surface area contributed by atoms with E-state index in [2.05, 4.69) is 9.73 Å². The maximum Gasteiger partial charge on any atom is 0.343 e. The van der Waals surface area contributed by atoms with E-state index in [4.69, 9.17) is 9.47 Å². The Morgan fingerprint density at radius 3 is 2.90 bits per heavy atom. The molecule has 0 saturated carbocycles. The van der Waals surface area contributed by atoms with Crippen molar-refractivity contribution in [2.45, 2.75) is 6.92 Å². The van der Waals surface area contributed by atoms with E-state index in [1.165, 1.54) is 7.11 Å². The highest BCUT2D eigenvalue weighted by atomic mass is 16.7. The number of carbonyl (C=O) groups excluding carboxylic acids is 1. The van der Waals surface area contributed by atoms with E-state index in [1.54, 1.807) is 25.1 Å². The van der Waals surface area contributed by atoms with Crippen LogP contribution in [0.4, 0.5) is 0 Å². The number of methoxy groups -OCH3 is 1. The van der Waals surface area contributed by atoms with E-state index in [0.717, 1.165) is 5.56 Å². The molecule has 108 valence electrons. The van der Waals surface area contributed by atoms with Crippen LogP contribution in [0.3, 0.4) is 0 Å². The smallest absolute Gasteiger partial charge is 0.343 e. The average Bonchev–Trinajstić information content (AvgIpc) is 3.03. The summed E-state index contributed by atoms with van der Waals surface area (Å²) in [4.78, 5) is 15.8. The fourth-order valence-electron chi connectivity index (χ4n) is 2.20. The van der Waals surface area contributed by atoms with E-state index >= 15 is 0 Å². The van der Waals surface area contributed by atoms with Gasteiger partial charge >= 0.3 is 5.97 Å². The molecular formula is C15H13NO5. The van der Waals surface area contributed by atoms with E-state index in [-0.39, 0.29) is 18.1 Å². The van der Waals surface area contributed by atoms with Gasteiger partial charge in [0.05, 0.1) is 12.8 Å². The minimum Gasteiger partial charge on any atom is -0.505 e.